The van der Waals surface area contributed by atoms with Gasteiger partial charge < -0.3 is 5.11 Å². The predicted molar refractivity (Wildman–Crippen MR) is 45.7 cm³/mol. The molecule has 0 radical (unpaired) electrons. The molecule has 0 amide bonds. The zero-order valence-corrected chi connectivity index (χ0v) is 9.08. The predicted octanol–water partition coefficient (Wildman–Crippen LogP) is 3.52. The van der Waals surface area contributed by atoms with Crippen molar-refractivity contribution in [2.45, 2.75) is 45.1 Å². The second-order valence-corrected chi connectivity index (χ2v) is 4.29. The Labute approximate surface area is 89.4 Å². The van der Waals surface area contributed by atoms with E-state index in [9.17, 15) is 26.3 Å². The highest BCUT2D eigenvalue weighted by Gasteiger charge is 2.72. The summed E-state index contributed by atoms with van der Waals surface area (Å²) in [7, 11) is 0. The molecule has 7 heteroatoms. The maximum Gasteiger partial charge on any atom is 0.426 e. The molecule has 98 valence electrons. The second kappa shape index (κ2) is 4.43. The van der Waals surface area contributed by atoms with Crippen LogP contribution in [0.2, 0.25) is 0 Å². The van der Waals surface area contributed by atoms with Gasteiger partial charge in [-0.25, -0.2) is 0 Å². The average molecular weight is 252 g/mol. The fraction of sp³-hybridized carbons (Fsp3) is 1.00. The van der Waals surface area contributed by atoms with Gasteiger partial charge in [-0.2, -0.15) is 26.3 Å². The fourth-order valence-corrected chi connectivity index (χ4v) is 1.60. The Bertz CT molecular complexity index is 215. The molecule has 0 saturated heterocycles. The average Bonchev–Trinajstić information content (AvgIpc) is 1.96. The molecule has 0 aromatic rings. The molecular formula is C9H14F6O. The summed E-state index contributed by atoms with van der Waals surface area (Å²) in [5.74, 6) is -2.31. The minimum absolute atomic E-state index is 0.366. The molecule has 1 N–H and O–H groups in total. The van der Waals surface area contributed by atoms with E-state index in [-0.39, 0.29) is 12.3 Å². The molecule has 16 heavy (non-hydrogen) atoms. The Kier molecular flexibility index (Phi) is 4.30. The molecule has 0 aliphatic carbocycles. The van der Waals surface area contributed by atoms with E-state index < -0.39 is 23.9 Å². The first-order chi connectivity index (χ1) is 6.84. The summed E-state index contributed by atoms with van der Waals surface area (Å²) in [6.07, 6.45) is -11.8. The van der Waals surface area contributed by atoms with Crippen LogP contribution in [-0.2, 0) is 0 Å². The SMILES string of the molecule is CC(C)CC(C)C(O)(C(F)(F)F)C(F)(F)F. The Morgan fingerprint density at radius 2 is 1.19 bits per heavy atom. The highest BCUT2D eigenvalue weighted by Crippen LogP contribution is 2.49. The summed E-state index contributed by atoms with van der Waals surface area (Å²) in [6.45, 7) is 3.73. The van der Waals surface area contributed by atoms with E-state index in [0.717, 1.165) is 6.92 Å². The molecular weight excluding hydrogens is 238 g/mol. The lowest BCUT2D eigenvalue weighted by Gasteiger charge is -2.37. The Morgan fingerprint density at radius 1 is 0.875 bits per heavy atom. The van der Waals surface area contributed by atoms with Crippen LogP contribution in [-0.4, -0.2) is 23.1 Å². The summed E-state index contributed by atoms with van der Waals surface area (Å²) >= 11 is 0. The van der Waals surface area contributed by atoms with Crippen LogP contribution in [0.25, 0.3) is 0 Å². The van der Waals surface area contributed by atoms with Crippen LogP contribution in [0, 0.1) is 11.8 Å². The van der Waals surface area contributed by atoms with Gasteiger partial charge in [0.05, 0.1) is 0 Å². The van der Waals surface area contributed by atoms with E-state index in [4.69, 9.17) is 5.11 Å². The van der Waals surface area contributed by atoms with Gasteiger partial charge in [-0.3, -0.25) is 0 Å². The molecule has 1 atom stereocenters. The van der Waals surface area contributed by atoms with Gasteiger partial charge in [-0.15, -0.1) is 0 Å². The van der Waals surface area contributed by atoms with Crippen LogP contribution in [0.5, 0.6) is 0 Å². The van der Waals surface area contributed by atoms with Gasteiger partial charge in [0, 0.05) is 5.92 Å². The normalized spacial score (nSPS) is 16.7. The summed E-state index contributed by atoms with van der Waals surface area (Å²) in [5, 5.41) is 8.95. The summed E-state index contributed by atoms with van der Waals surface area (Å²) in [5.41, 5.74) is -4.63. The van der Waals surface area contributed by atoms with Crippen LogP contribution in [0.1, 0.15) is 27.2 Å². The molecule has 0 spiro atoms. The first kappa shape index (κ1) is 15.5. The highest BCUT2D eigenvalue weighted by atomic mass is 19.4. The number of hydrogen-bond acceptors (Lipinski definition) is 1. The molecule has 0 saturated carbocycles. The fourth-order valence-electron chi connectivity index (χ4n) is 1.60. The Morgan fingerprint density at radius 3 is 1.38 bits per heavy atom. The lowest BCUT2D eigenvalue weighted by atomic mass is 9.82. The molecule has 1 nitrogen and oxygen atoms in total. The van der Waals surface area contributed by atoms with E-state index in [2.05, 4.69) is 0 Å². The maximum atomic E-state index is 12.3. The Balaban J connectivity index is 5.27. The van der Waals surface area contributed by atoms with Crippen molar-refractivity contribution >= 4 is 0 Å². The molecule has 0 fully saturated rings. The highest BCUT2D eigenvalue weighted by molar-refractivity contribution is 4.97. The Hall–Kier alpha value is -0.460. The van der Waals surface area contributed by atoms with E-state index in [1.165, 1.54) is 13.8 Å². The third-order valence-corrected chi connectivity index (χ3v) is 2.40. The van der Waals surface area contributed by atoms with Gasteiger partial charge in [0.15, 0.2) is 0 Å². The van der Waals surface area contributed by atoms with Crippen LogP contribution < -0.4 is 0 Å². The zero-order valence-electron chi connectivity index (χ0n) is 9.08. The smallest absolute Gasteiger partial charge is 0.373 e. The first-order valence-electron chi connectivity index (χ1n) is 4.69. The molecule has 0 aromatic heterocycles. The monoisotopic (exact) mass is 252 g/mol. The summed E-state index contributed by atoms with van der Waals surface area (Å²) < 4.78 is 74.0. The first-order valence-corrected chi connectivity index (χ1v) is 4.69. The van der Waals surface area contributed by atoms with Gasteiger partial charge in [0.25, 0.3) is 5.60 Å². The van der Waals surface area contributed by atoms with Crippen molar-refractivity contribution in [2.24, 2.45) is 11.8 Å². The standard InChI is InChI=1S/C9H14F6O/c1-5(2)4-6(3)7(16,8(10,11)12)9(13,14)15/h5-6,16H,4H2,1-3H3. The lowest BCUT2D eigenvalue weighted by Crippen LogP contribution is -2.61. The van der Waals surface area contributed by atoms with Crippen molar-refractivity contribution < 1.29 is 31.4 Å². The molecule has 0 rings (SSSR count). The number of alkyl halides is 6. The number of halogens is 6. The molecule has 1 unspecified atom stereocenters. The van der Waals surface area contributed by atoms with Crippen molar-refractivity contribution in [3.63, 3.8) is 0 Å². The summed E-state index contributed by atoms with van der Waals surface area (Å²) in [4.78, 5) is 0. The van der Waals surface area contributed by atoms with Crippen LogP contribution in [0.3, 0.4) is 0 Å². The van der Waals surface area contributed by atoms with Gasteiger partial charge in [-0.1, -0.05) is 20.8 Å². The van der Waals surface area contributed by atoms with Crippen molar-refractivity contribution in [3.05, 3.63) is 0 Å². The molecule has 0 aliphatic heterocycles. The molecule has 0 bridgehead atoms. The van der Waals surface area contributed by atoms with Crippen LogP contribution >= 0.6 is 0 Å². The molecule has 0 heterocycles. The maximum absolute atomic E-state index is 12.3. The van der Waals surface area contributed by atoms with Crippen molar-refractivity contribution in [3.8, 4) is 0 Å². The van der Waals surface area contributed by atoms with Crippen molar-refractivity contribution in [1.82, 2.24) is 0 Å². The van der Waals surface area contributed by atoms with E-state index in [0.29, 0.717) is 0 Å². The van der Waals surface area contributed by atoms with E-state index in [1.807, 2.05) is 0 Å². The number of hydrogen-bond donors (Lipinski definition) is 1. The zero-order chi connectivity index (χ0) is 13.4. The van der Waals surface area contributed by atoms with E-state index in [1.54, 1.807) is 0 Å². The quantitative estimate of drug-likeness (QED) is 0.762. The third-order valence-electron chi connectivity index (χ3n) is 2.40. The van der Waals surface area contributed by atoms with Gasteiger partial charge >= 0.3 is 12.4 Å². The minimum Gasteiger partial charge on any atom is -0.373 e. The second-order valence-electron chi connectivity index (χ2n) is 4.29. The minimum atomic E-state index is -5.72. The van der Waals surface area contributed by atoms with Gasteiger partial charge in [-0.05, 0) is 12.3 Å². The number of rotatable bonds is 3. The van der Waals surface area contributed by atoms with Crippen molar-refractivity contribution in [2.75, 3.05) is 0 Å². The largest absolute Gasteiger partial charge is 0.426 e. The summed E-state index contributed by atoms with van der Waals surface area (Å²) in [6, 6.07) is 0. The lowest BCUT2D eigenvalue weighted by molar-refractivity contribution is -0.384. The van der Waals surface area contributed by atoms with Gasteiger partial charge in [0.1, 0.15) is 0 Å². The third kappa shape index (κ3) is 2.81. The molecule has 0 aromatic carbocycles. The van der Waals surface area contributed by atoms with Gasteiger partial charge in [0.2, 0.25) is 0 Å². The topological polar surface area (TPSA) is 20.2 Å². The molecule has 0 aliphatic rings. The van der Waals surface area contributed by atoms with Crippen LogP contribution in [0.4, 0.5) is 26.3 Å². The van der Waals surface area contributed by atoms with Crippen molar-refractivity contribution in [1.29, 1.82) is 0 Å². The number of aliphatic hydroxyl groups is 1. The van der Waals surface area contributed by atoms with E-state index >= 15 is 0 Å². The van der Waals surface area contributed by atoms with Crippen LogP contribution in [0.15, 0.2) is 0 Å².